The zero-order valence-corrected chi connectivity index (χ0v) is 12.3. The Morgan fingerprint density at radius 2 is 2.09 bits per heavy atom. The summed E-state index contributed by atoms with van der Waals surface area (Å²) in [7, 11) is 0. The SMILES string of the molecule is O=C1CCC(C(=O)NCCn2ncc3ccccc3c2=O)=NN1. The molecular formula is C15H15N5O3. The molecule has 2 amide bonds. The fourth-order valence-electron chi connectivity index (χ4n) is 2.30. The second-order valence-corrected chi connectivity index (χ2v) is 5.11. The number of nitrogens with zero attached hydrogens (tertiary/aromatic N) is 3. The Bertz CT molecular complexity index is 856. The third-order valence-electron chi connectivity index (χ3n) is 3.54. The van der Waals surface area contributed by atoms with Crippen LogP contribution in [0, 0.1) is 0 Å². The fourth-order valence-corrected chi connectivity index (χ4v) is 2.30. The maximum atomic E-state index is 12.3. The lowest BCUT2D eigenvalue weighted by atomic mass is 10.1. The molecule has 3 rings (SSSR count). The molecule has 2 N–H and O–H groups in total. The van der Waals surface area contributed by atoms with E-state index in [2.05, 4.69) is 20.9 Å². The van der Waals surface area contributed by atoms with E-state index in [4.69, 9.17) is 0 Å². The van der Waals surface area contributed by atoms with Crippen molar-refractivity contribution in [2.45, 2.75) is 19.4 Å². The number of rotatable bonds is 4. The molecular weight excluding hydrogens is 298 g/mol. The van der Waals surface area contributed by atoms with Crippen LogP contribution in [0.3, 0.4) is 0 Å². The zero-order chi connectivity index (χ0) is 16.2. The molecule has 0 spiro atoms. The number of hydrogen-bond donors (Lipinski definition) is 2. The summed E-state index contributed by atoms with van der Waals surface area (Å²) in [6, 6.07) is 7.21. The van der Waals surface area contributed by atoms with E-state index in [0.717, 1.165) is 5.39 Å². The third kappa shape index (κ3) is 3.25. The first-order valence-corrected chi connectivity index (χ1v) is 7.23. The van der Waals surface area contributed by atoms with E-state index in [1.807, 2.05) is 12.1 Å². The molecule has 1 aliphatic rings. The molecule has 23 heavy (non-hydrogen) atoms. The average Bonchev–Trinajstić information content (AvgIpc) is 2.57. The van der Waals surface area contributed by atoms with Crippen molar-refractivity contribution in [3.8, 4) is 0 Å². The number of carbonyl (C=O) groups excluding carboxylic acids is 2. The number of hydrazone groups is 1. The number of amides is 2. The predicted molar refractivity (Wildman–Crippen MR) is 83.8 cm³/mol. The summed E-state index contributed by atoms with van der Waals surface area (Å²) in [4.78, 5) is 35.1. The molecule has 118 valence electrons. The lowest BCUT2D eigenvalue weighted by Crippen LogP contribution is -2.39. The zero-order valence-electron chi connectivity index (χ0n) is 12.3. The van der Waals surface area contributed by atoms with Crippen LogP contribution >= 0.6 is 0 Å². The Morgan fingerprint density at radius 1 is 1.26 bits per heavy atom. The van der Waals surface area contributed by atoms with Crippen LogP contribution in [0.25, 0.3) is 10.8 Å². The van der Waals surface area contributed by atoms with Gasteiger partial charge in [-0.05, 0) is 6.07 Å². The highest BCUT2D eigenvalue weighted by atomic mass is 16.2. The van der Waals surface area contributed by atoms with Gasteiger partial charge in [0, 0.05) is 24.8 Å². The Hall–Kier alpha value is -3.03. The quantitative estimate of drug-likeness (QED) is 0.814. The number of carbonyl (C=O) groups is 2. The molecule has 2 heterocycles. The lowest BCUT2D eigenvalue weighted by molar-refractivity contribution is -0.121. The van der Waals surface area contributed by atoms with Crippen LogP contribution in [0.2, 0.25) is 0 Å². The van der Waals surface area contributed by atoms with E-state index >= 15 is 0 Å². The average molecular weight is 313 g/mol. The number of aromatic nitrogens is 2. The number of fused-ring (bicyclic) bond motifs is 1. The van der Waals surface area contributed by atoms with Crippen molar-refractivity contribution < 1.29 is 9.59 Å². The molecule has 0 radical (unpaired) electrons. The van der Waals surface area contributed by atoms with Gasteiger partial charge in [-0.2, -0.15) is 10.2 Å². The highest BCUT2D eigenvalue weighted by Crippen LogP contribution is 2.06. The summed E-state index contributed by atoms with van der Waals surface area (Å²) in [5.74, 6) is -0.549. The summed E-state index contributed by atoms with van der Waals surface area (Å²) in [5, 5.41) is 11.9. The topological polar surface area (TPSA) is 105 Å². The van der Waals surface area contributed by atoms with E-state index in [1.165, 1.54) is 4.68 Å². The van der Waals surface area contributed by atoms with Crippen LogP contribution in [0.4, 0.5) is 0 Å². The first-order valence-electron chi connectivity index (χ1n) is 7.23. The Labute approximate surface area is 131 Å². The molecule has 1 aliphatic heterocycles. The first-order chi connectivity index (χ1) is 11.1. The van der Waals surface area contributed by atoms with Gasteiger partial charge in [0.2, 0.25) is 5.91 Å². The summed E-state index contributed by atoms with van der Waals surface area (Å²) < 4.78 is 1.31. The van der Waals surface area contributed by atoms with E-state index in [1.54, 1.807) is 18.3 Å². The molecule has 1 aromatic heterocycles. The van der Waals surface area contributed by atoms with Gasteiger partial charge < -0.3 is 5.32 Å². The largest absolute Gasteiger partial charge is 0.349 e. The van der Waals surface area contributed by atoms with Crippen LogP contribution in [0.5, 0.6) is 0 Å². The van der Waals surface area contributed by atoms with Gasteiger partial charge in [0.25, 0.3) is 11.5 Å². The second kappa shape index (κ2) is 6.39. The van der Waals surface area contributed by atoms with Gasteiger partial charge >= 0.3 is 0 Å². The Kier molecular flexibility index (Phi) is 4.13. The Balaban J connectivity index is 1.63. The molecule has 0 atom stereocenters. The van der Waals surface area contributed by atoms with Crippen LogP contribution in [-0.2, 0) is 16.1 Å². The van der Waals surface area contributed by atoms with Crippen molar-refractivity contribution in [2.24, 2.45) is 5.10 Å². The summed E-state index contributed by atoms with van der Waals surface area (Å²) in [5.41, 5.74) is 2.36. The summed E-state index contributed by atoms with van der Waals surface area (Å²) in [6.45, 7) is 0.506. The lowest BCUT2D eigenvalue weighted by Gasteiger charge is -2.12. The normalized spacial score (nSPS) is 14.3. The molecule has 0 bridgehead atoms. The predicted octanol–water partition coefficient (Wildman–Crippen LogP) is -0.221. The van der Waals surface area contributed by atoms with Crippen LogP contribution in [-0.4, -0.2) is 33.9 Å². The van der Waals surface area contributed by atoms with Crippen LogP contribution < -0.4 is 16.3 Å². The van der Waals surface area contributed by atoms with Gasteiger partial charge in [-0.3, -0.25) is 14.4 Å². The molecule has 0 saturated carbocycles. The van der Waals surface area contributed by atoms with Gasteiger partial charge in [-0.15, -0.1) is 0 Å². The molecule has 1 aromatic carbocycles. The van der Waals surface area contributed by atoms with Crippen molar-refractivity contribution in [3.63, 3.8) is 0 Å². The van der Waals surface area contributed by atoms with Crippen molar-refractivity contribution in [1.82, 2.24) is 20.5 Å². The van der Waals surface area contributed by atoms with Crippen molar-refractivity contribution in [2.75, 3.05) is 6.54 Å². The molecule has 0 saturated heterocycles. The molecule has 2 aromatic rings. The molecule has 8 nitrogen and oxygen atoms in total. The first kappa shape index (κ1) is 14.9. The van der Waals surface area contributed by atoms with Gasteiger partial charge in [0.1, 0.15) is 5.71 Å². The number of benzene rings is 1. The van der Waals surface area contributed by atoms with Crippen molar-refractivity contribution in [1.29, 1.82) is 0 Å². The van der Waals surface area contributed by atoms with Crippen molar-refractivity contribution >= 4 is 28.3 Å². The maximum absolute atomic E-state index is 12.3. The molecule has 0 fully saturated rings. The Morgan fingerprint density at radius 3 is 2.87 bits per heavy atom. The standard InChI is InChI=1S/C15H15N5O3/c21-13-6-5-12(18-19-13)14(22)16-7-8-20-15(23)11-4-2-1-3-10(11)9-17-20/h1-4,9H,5-8H2,(H,16,22)(H,19,21). The van der Waals surface area contributed by atoms with Gasteiger partial charge in [-0.1, -0.05) is 18.2 Å². The smallest absolute Gasteiger partial charge is 0.274 e. The monoisotopic (exact) mass is 313 g/mol. The fraction of sp³-hybridized carbons (Fsp3) is 0.267. The number of nitrogens with one attached hydrogen (secondary N) is 2. The molecule has 8 heteroatoms. The van der Waals surface area contributed by atoms with Gasteiger partial charge in [-0.25, -0.2) is 10.1 Å². The minimum atomic E-state index is -0.348. The summed E-state index contributed by atoms with van der Waals surface area (Å²) >= 11 is 0. The second-order valence-electron chi connectivity index (χ2n) is 5.11. The van der Waals surface area contributed by atoms with E-state index < -0.39 is 0 Å². The highest BCUT2D eigenvalue weighted by Gasteiger charge is 2.17. The van der Waals surface area contributed by atoms with E-state index in [9.17, 15) is 14.4 Å². The minimum Gasteiger partial charge on any atom is -0.349 e. The maximum Gasteiger partial charge on any atom is 0.274 e. The van der Waals surface area contributed by atoms with Gasteiger partial charge in [0.05, 0.1) is 18.1 Å². The van der Waals surface area contributed by atoms with Crippen LogP contribution in [0.15, 0.2) is 40.4 Å². The minimum absolute atomic E-state index is 0.195. The van der Waals surface area contributed by atoms with Crippen LogP contribution in [0.1, 0.15) is 12.8 Å². The van der Waals surface area contributed by atoms with Gasteiger partial charge in [0.15, 0.2) is 0 Å². The highest BCUT2D eigenvalue weighted by molar-refractivity contribution is 6.39. The molecule has 0 unspecified atom stereocenters. The third-order valence-corrected chi connectivity index (χ3v) is 3.54. The number of hydrogen-bond acceptors (Lipinski definition) is 5. The van der Waals surface area contributed by atoms with E-state index in [0.29, 0.717) is 11.8 Å². The van der Waals surface area contributed by atoms with E-state index in [-0.39, 0.29) is 42.6 Å². The summed E-state index contributed by atoms with van der Waals surface area (Å²) in [6.07, 6.45) is 2.18. The molecule has 0 aliphatic carbocycles. The van der Waals surface area contributed by atoms with Crippen molar-refractivity contribution in [3.05, 3.63) is 40.8 Å².